The van der Waals surface area contributed by atoms with Crippen molar-refractivity contribution >= 4 is 17.7 Å². The molecule has 2 aromatic rings. The third-order valence-corrected chi connectivity index (χ3v) is 3.95. The van der Waals surface area contributed by atoms with Gasteiger partial charge >= 0.3 is 5.97 Å². The summed E-state index contributed by atoms with van der Waals surface area (Å²) in [6.07, 6.45) is 0. The highest BCUT2D eigenvalue weighted by molar-refractivity contribution is 7.97. The molecule has 0 amide bonds. The monoisotopic (exact) mass is 288 g/mol. The molecule has 0 aliphatic heterocycles. The molecule has 0 atom stereocenters. The molecule has 104 valence electrons. The van der Waals surface area contributed by atoms with Crippen molar-refractivity contribution in [1.29, 1.82) is 0 Å². The van der Waals surface area contributed by atoms with E-state index in [1.165, 1.54) is 12.7 Å². The summed E-state index contributed by atoms with van der Waals surface area (Å²) in [6, 6.07) is 15.5. The van der Waals surface area contributed by atoms with Gasteiger partial charge in [-0.2, -0.15) is 11.8 Å². The first-order chi connectivity index (χ1) is 9.70. The Morgan fingerprint density at radius 1 is 1.10 bits per heavy atom. The molecule has 0 heterocycles. The van der Waals surface area contributed by atoms with Crippen molar-refractivity contribution < 1.29 is 14.6 Å². The highest BCUT2D eigenvalue weighted by Gasteiger charge is 2.11. The van der Waals surface area contributed by atoms with Gasteiger partial charge in [0.25, 0.3) is 0 Å². The van der Waals surface area contributed by atoms with Crippen molar-refractivity contribution in [2.24, 2.45) is 0 Å². The highest BCUT2D eigenvalue weighted by atomic mass is 32.2. The van der Waals surface area contributed by atoms with Crippen molar-refractivity contribution in [3.05, 3.63) is 65.2 Å². The number of carboxylic acids is 1. The molecule has 0 aromatic heterocycles. The van der Waals surface area contributed by atoms with Crippen LogP contribution >= 0.6 is 11.8 Å². The average molecular weight is 288 g/mol. The van der Waals surface area contributed by atoms with Crippen LogP contribution < -0.4 is 4.74 Å². The molecule has 3 nitrogen and oxygen atoms in total. The van der Waals surface area contributed by atoms with Gasteiger partial charge in [0.15, 0.2) is 0 Å². The SMILES string of the molecule is COc1cc(CSCc2ccccc2)ccc1C(=O)O. The maximum Gasteiger partial charge on any atom is 0.339 e. The van der Waals surface area contributed by atoms with Crippen LogP contribution in [0.25, 0.3) is 0 Å². The molecule has 0 fully saturated rings. The van der Waals surface area contributed by atoms with Crippen LogP contribution in [0.4, 0.5) is 0 Å². The molecular weight excluding hydrogens is 272 g/mol. The van der Waals surface area contributed by atoms with Gasteiger partial charge in [-0.15, -0.1) is 0 Å². The molecule has 0 saturated carbocycles. The second kappa shape index (κ2) is 7.01. The Kier molecular flexibility index (Phi) is 5.07. The fourth-order valence-electron chi connectivity index (χ4n) is 1.86. The van der Waals surface area contributed by atoms with Crippen LogP contribution in [0.1, 0.15) is 21.5 Å². The highest BCUT2D eigenvalue weighted by Crippen LogP contribution is 2.24. The zero-order chi connectivity index (χ0) is 14.4. The minimum atomic E-state index is -0.967. The minimum absolute atomic E-state index is 0.198. The van der Waals surface area contributed by atoms with E-state index in [0.29, 0.717) is 5.75 Å². The first-order valence-electron chi connectivity index (χ1n) is 6.22. The van der Waals surface area contributed by atoms with E-state index in [4.69, 9.17) is 9.84 Å². The first kappa shape index (κ1) is 14.5. The van der Waals surface area contributed by atoms with Gasteiger partial charge in [0.05, 0.1) is 7.11 Å². The lowest BCUT2D eigenvalue weighted by molar-refractivity contribution is 0.0693. The summed E-state index contributed by atoms with van der Waals surface area (Å²) in [5.41, 5.74) is 2.55. The number of carboxylic acid groups (broad SMARTS) is 1. The third kappa shape index (κ3) is 3.78. The van der Waals surface area contributed by atoms with Gasteiger partial charge in [-0.25, -0.2) is 4.79 Å². The van der Waals surface area contributed by atoms with E-state index >= 15 is 0 Å². The van der Waals surface area contributed by atoms with Crippen molar-refractivity contribution in [3.8, 4) is 5.75 Å². The fraction of sp³-hybridized carbons (Fsp3) is 0.188. The van der Waals surface area contributed by atoms with Crippen LogP contribution in [0, 0.1) is 0 Å². The predicted octanol–water partition coefficient (Wildman–Crippen LogP) is 3.83. The summed E-state index contributed by atoms with van der Waals surface area (Å²) in [4.78, 5) is 11.0. The van der Waals surface area contributed by atoms with Gasteiger partial charge in [-0.05, 0) is 23.3 Å². The molecule has 0 bridgehead atoms. The summed E-state index contributed by atoms with van der Waals surface area (Å²) < 4.78 is 5.12. The van der Waals surface area contributed by atoms with E-state index in [2.05, 4.69) is 12.1 Å². The van der Waals surface area contributed by atoms with Crippen LogP contribution in [0.3, 0.4) is 0 Å². The molecule has 0 aliphatic carbocycles. The van der Waals surface area contributed by atoms with E-state index in [9.17, 15) is 4.79 Å². The smallest absolute Gasteiger partial charge is 0.339 e. The number of rotatable bonds is 6. The van der Waals surface area contributed by atoms with Gasteiger partial charge < -0.3 is 9.84 Å². The second-order valence-electron chi connectivity index (χ2n) is 4.32. The molecule has 1 N–H and O–H groups in total. The number of benzene rings is 2. The lowest BCUT2D eigenvalue weighted by atomic mass is 10.1. The summed E-state index contributed by atoms with van der Waals surface area (Å²) in [5, 5.41) is 9.03. The number of ether oxygens (including phenoxy) is 1. The molecule has 2 aromatic carbocycles. The summed E-state index contributed by atoms with van der Waals surface area (Å²) in [6.45, 7) is 0. The zero-order valence-corrected chi connectivity index (χ0v) is 12.0. The molecule has 0 unspecified atom stereocenters. The number of hydrogen-bond donors (Lipinski definition) is 1. The fourth-order valence-corrected chi connectivity index (χ4v) is 2.81. The van der Waals surface area contributed by atoms with Crippen LogP contribution in [0.5, 0.6) is 5.75 Å². The Bertz CT molecular complexity index is 582. The predicted molar refractivity (Wildman–Crippen MR) is 81.4 cm³/mol. The van der Waals surface area contributed by atoms with Crippen molar-refractivity contribution in [2.75, 3.05) is 7.11 Å². The molecule has 2 rings (SSSR count). The second-order valence-corrected chi connectivity index (χ2v) is 5.30. The van der Waals surface area contributed by atoms with E-state index in [0.717, 1.165) is 17.1 Å². The van der Waals surface area contributed by atoms with Gasteiger partial charge in [0.1, 0.15) is 11.3 Å². The van der Waals surface area contributed by atoms with Crippen LogP contribution in [0.15, 0.2) is 48.5 Å². The quantitative estimate of drug-likeness (QED) is 0.877. The Labute approximate surface area is 122 Å². The van der Waals surface area contributed by atoms with E-state index in [-0.39, 0.29) is 5.56 Å². The molecular formula is C16H16O3S. The number of carbonyl (C=O) groups is 1. The van der Waals surface area contributed by atoms with Crippen molar-refractivity contribution in [1.82, 2.24) is 0 Å². The molecule has 20 heavy (non-hydrogen) atoms. The zero-order valence-electron chi connectivity index (χ0n) is 11.2. The Morgan fingerprint density at radius 2 is 1.80 bits per heavy atom. The molecule has 0 radical (unpaired) electrons. The lowest BCUT2D eigenvalue weighted by Crippen LogP contribution is -2.01. The topological polar surface area (TPSA) is 46.5 Å². The van der Waals surface area contributed by atoms with Crippen LogP contribution in [-0.4, -0.2) is 18.2 Å². The summed E-state index contributed by atoms with van der Waals surface area (Å²) in [7, 11) is 1.49. The summed E-state index contributed by atoms with van der Waals surface area (Å²) >= 11 is 1.79. The van der Waals surface area contributed by atoms with Crippen molar-refractivity contribution in [3.63, 3.8) is 0 Å². The van der Waals surface area contributed by atoms with E-state index < -0.39 is 5.97 Å². The Morgan fingerprint density at radius 3 is 2.45 bits per heavy atom. The Balaban J connectivity index is 1.98. The molecule has 0 aliphatic rings. The molecule has 0 spiro atoms. The van der Waals surface area contributed by atoms with Gasteiger partial charge in [0.2, 0.25) is 0 Å². The minimum Gasteiger partial charge on any atom is -0.496 e. The van der Waals surface area contributed by atoms with Gasteiger partial charge in [-0.1, -0.05) is 36.4 Å². The maximum absolute atomic E-state index is 11.0. The number of thioether (sulfide) groups is 1. The van der Waals surface area contributed by atoms with E-state index in [1.807, 2.05) is 24.3 Å². The maximum atomic E-state index is 11.0. The Hall–Kier alpha value is -1.94. The van der Waals surface area contributed by atoms with Crippen LogP contribution in [0.2, 0.25) is 0 Å². The van der Waals surface area contributed by atoms with Crippen LogP contribution in [-0.2, 0) is 11.5 Å². The first-order valence-corrected chi connectivity index (χ1v) is 7.38. The standard InChI is InChI=1S/C16H16O3S/c1-19-15-9-13(7-8-14(15)16(17)18)11-20-10-12-5-3-2-4-6-12/h2-9H,10-11H2,1H3,(H,17,18). The lowest BCUT2D eigenvalue weighted by Gasteiger charge is -2.08. The van der Waals surface area contributed by atoms with Crippen molar-refractivity contribution in [2.45, 2.75) is 11.5 Å². The molecule has 4 heteroatoms. The largest absolute Gasteiger partial charge is 0.496 e. The molecule has 0 saturated heterocycles. The average Bonchev–Trinajstić information content (AvgIpc) is 2.48. The number of hydrogen-bond acceptors (Lipinski definition) is 3. The number of aromatic carboxylic acids is 1. The number of methoxy groups -OCH3 is 1. The third-order valence-electron chi connectivity index (χ3n) is 2.88. The van der Waals surface area contributed by atoms with Gasteiger partial charge in [0, 0.05) is 11.5 Å². The van der Waals surface area contributed by atoms with E-state index in [1.54, 1.807) is 23.9 Å². The normalized spacial score (nSPS) is 10.2. The summed E-state index contributed by atoms with van der Waals surface area (Å²) in [5.74, 6) is 1.20. The van der Waals surface area contributed by atoms with Gasteiger partial charge in [-0.3, -0.25) is 0 Å².